The van der Waals surface area contributed by atoms with Crippen molar-refractivity contribution < 1.29 is 4.57 Å². The van der Waals surface area contributed by atoms with E-state index in [1.165, 1.54) is 114 Å². The summed E-state index contributed by atoms with van der Waals surface area (Å²) in [6.07, 6.45) is 28.4. The van der Waals surface area contributed by atoms with E-state index in [0.29, 0.717) is 6.04 Å². The Balaban J connectivity index is 1.51. The molecular weight excluding hydrogens is 400 g/mol. The van der Waals surface area contributed by atoms with Gasteiger partial charge in [-0.15, -0.1) is 0 Å². The second-order valence-corrected chi connectivity index (χ2v) is 10.4. The van der Waals surface area contributed by atoms with Gasteiger partial charge in [0.1, 0.15) is 12.4 Å². The number of rotatable bonds is 20. The molecule has 0 amide bonds. The molecule has 0 aliphatic carbocycles. The highest BCUT2D eigenvalue weighted by atomic mass is 15.2. The molecule has 0 radical (unpaired) electrons. The molecule has 1 aromatic carbocycles. The Morgan fingerprint density at radius 1 is 0.667 bits per heavy atom. The molecule has 186 valence electrons. The van der Waals surface area contributed by atoms with Crippen LogP contribution in [0.1, 0.15) is 141 Å². The topological polar surface area (TPSA) is 8.81 Å². The molecule has 1 heterocycles. The van der Waals surface area contributed by atoms with E-state index in [1.54, 1.807) is 0 Å². The lowest BCUT2D eigenvalue weighted by atomic mass is 10.0. The van der Waals surface area contributed by atoms with E-state index in [1.807, 2.05) is 0 Å². The minimum absolute atomic E-state index is 0.510. The lowest BCUT2D eigenvalue weighted by Gasteiger charge is -2.08. The number of unbranched alkanes of at least 4 members (excludes halogenated alkanes) is 15. The summed E-state index contributed by atoms with van der Waals surface area (Å²) in [4.78, 5) is 0. The van der Waals surface area contributed by atoms with Crippen LogP contribution in [0.2, 0.25) is 0 Å². The van der Waals surface area contributed by atoms with Crippen molar-refractivity contribution >= 4 is 0 Å². The molecular formula is C31H53N2+. The van der Waals surface area contributed by atoms with Gasteiger partial charge in [0.05, 0.1) is 19.0 Å². The molecule has 0 fully saturated rings. The second kappa shape index (κ2) is 17.8. The Hall–Kier alpha value is -1.57. The number of hydrogen-bond acceptors (Lipinski definition) is 0. The van der Waals surface area contributed by atoms with E-state index in [0.717, 1.165) is 13.0 Å². The molecule has 0 unspecified atom stereocenters. The highest BCUT2D eigenvalue weighted by Gasteiger charge is 2.19. The highest BCUT2D eigenvalue weighted by molar-refractivity contribution is 5.18. The van der Waals surface area contributed by atoms with Crippen LogP contribution in [-0.2, 0) is 13.0 Å². The lowest BCUT2D eigenvalue weighted by molar-refractivity contribution is -0.704. The first-order valence-electron chi connectivity index (χ1n) is 14.4. The van der Waals surface area contributed by atoms with Crippen molar-refractivity contribution in [3.8, 4) is 0 Å². The van der Waals surface area contributed by atoms with Crippen molar-refractivity contribution in [1.29, 1.82) is 0 Å². The van der Waals surface area contributed by atoms with Gasteiger partial charge >= 0.3 is 0 Å². The zero-order valence-corrected chi connectivity index (χ0v) is 22.2. The number of hydrogen-bond donors (Lipinski definition) is 0. The smallest absolute Gasteiger partial charge is 0.234 e. The van der Waals surface area contributed by atoms with Gasteiger partial charge in [-0.2, -0.15) is 0 Å². The third kappa shape index (κ3) is 11.9. The van der Waals surface area contributed by atoms with Crippen LogP contribution in [0.4, 0.5) is 0 Å². The fourth-order valence-corrected chi connectivity index (χ4v) is 4.95. The normalized spacial score (nSPS) is 11.5. The molecule has 33 heavy (non-hydrogen) atoms. The molecule has 2 rings (SSSR count). The first-order chi connectivity index (χ1) is 16.2. The molecule has 0 atom stereocenters. The zero-order valence-electron chi connectivity index (χ0n) is 22.2. The van der Waals surface area contributed by atoms with Crippen LogP contribution in [0.15, 0.2) is 42.7 Å². The summed E-state index contributed by atoms with van der Waals surface area (Å²) in [6, 6.07) is 11.4. The van der Waals surface area contributed by atoms with E-state index >= 15 is 0 Å². The molecule has 1 aromatic heterocycles. The minimum atomic E-state index is 0.510. The Morgan fingerprint density at radius 2 is 1.15 bits per heavy atom. The third-order valence-corrected chi connectivity index (χ3v) is 7.05. The predicted octanol–water partition coefficient (Wildman–Crippen LogP) is 9.21. The van der Waals surface area contributed by atoms with Crippen LogP contribution in [0.25, 0.3) is 0 Å². The average molecular weight is 454 g/mol. The Labute approximate surface area is 205 Å². The predicted molar refractivity (Wildman–Crippen MR) is 144 cm³/mol. The highest BCUT2D eigenvalue weighted by Crippen LogP contribution is 2.15. The fraction of sp³-hybridized carbons (Fsp3) is 0.710. The SMILES string of the molecule is CCCCCCCCCCCCCCCCCC[n+]1ccn(C(C)C)c1Cc1ccccc1. The zero-order chi connectivity index (χ0) is 23.6. The largest absolute Gasteiger partial charge is 0.261 e. The summed E-state index contributed by atoms with van der Waals surface area (Å²) in [5.74, 6) is 1.44. The van der Waals surface area contributed by atoms with Crippen molar-refractivity contribution in [3.63, 3.8) is 0 Å². The van der Waals surface area contributed by atoms with E-state index in [2.05, 4.69) is 72.6 Å². The van der Waals surface area contributed by atoms with Crippen LogP contribution < -0.4 is 4.57 Å². The molecule has 0 N–H and O–H groups in total. The van der Waals surface area contributed by atoms with E-state index in [4.69, 9.17) is 0 Å². The molecule has 0 spiro atoms. The standard InChI is InChI=1S/C31H53N2/c1-4-5-6-7-8-9-10-11-12-13-14-15-16-17-18-22-25-32-26-27-33(29(2)3)31(32)28-30-23-20-19-21-24-30/h19-21,23-24,26-27,29H,4-18,22,25,28H2,1-3H3/q+1. The van der Waals surface area contributed by atoms with Crippen LogP contribution in [0, 0.1) is 0 Å². The van der Waals surface area contributed by atoms with Crippen LogP contribution in [0.5, 0.6) is 0 Å². The molecule has 2 heteroatoms. The Morgan fingerprint density at radius 3 is 1.64 bits per heavy atom. The molecule has 2 nitrogen and oxygen atoms in total. The maximum absolute atomic E-state index is 2.50. The monoisotopic (exact) mass is 453 g/mol. The van der Waals surface area contributed by atoms with Gasteiger partial charge in [-0.1, -0.05) is 127 Å². The lowest BCUT2D eigenvalue weighted by Crippen LogP contribution is -2.37. The van der Waals surface area contributed by atoms with Gasteiger partial charge in [-0.25, -0.2) is 9.13 Å². The number of nitrogens with zero attached hydrogens (tertiary/aromatic N) is 2. The van der Waals surface area contributed by atoms with Crippen molar-refractivity contribution in [2.45, 2.75) is 143 Å². The summed E-state index contributed by atoms with van der Waals surface area (Å²) >= 11 is 0. The van der Waals surface area contributed by atoms with Gasteiger partial charge in [0.2, 0.25) is 0 Å². The van der Waals surface area contributed by atoms with Crippen LogP contribution in [0.3, 0.4) is 0 Å². The van der Waals surface area contributed by atoms with Crippen molar-refractivity contribution in [2.24, 2.45) is 0 Å². The number of aromatic nitrogens is 2. The molecule has 0 aliphatic rings. The fourth-order valence-electron chi connectivity index (χ4n) is 4.95. The van der Waals surface area contributed by atoms with Gasteiger partial charge < -0.3 is 0 Å². The van der Waals surface area contributed by atoms with Gasteiger partial charge in [-0.05, 0) is 32.3 Å². The van der Waals surface area contributed by atoms with Gasteiger partial charge in [0.25, 0.3) is 5.82 Å². The summed E-state index contributed by atoms with van der Waals surface area (Å²) in [5, 5.41) is 0. The average Bonchev–Trinajstić information content (AvgIpc) is 3.22. The van der Waals surface area contributed by atoms with E-state index < -0.39 is 0 Å². The van der Waals surface area contributed by atoms with E-state index in [9.17, 15) is 0 Å². The van der Waals surface area contributed by atoms with Crippen molar-refractivity contribution in [3.05, 3.63) is 54.1 Å². The number of aryl methyl sites for hydroxylation is 1. The number of imidazole rings is 1. The van der Waals surface area contributed by atoms with Crippen LogP contribution >= 0.6 is 0 Å². The quantitative estimate of drug-likeness (QED) is 0.139. The van der Waals surface area contributed by atoms with Gasteiger partial charge in [-0.3, -0.25) is 0 Å². The molecule has 0 bridgehead atoms. The summed E-state index contributed by atoms with van der Waals surface area (Å²) < 4.78 is 4.94. The third-order valence-electron chi connectivity index (χ3n) is 7.05. The molecule has 0 aliphatic heterocycles. The van der Waals surface area contributed by atoms with Crippen molar-refractivity contribution in [2.75, 3.05) is 0 Å². The van der Waals surface area contributed by atoms with Gasteiger partial charge in [0, 0.05) is 0 Å². The molecule has 0 saturated heterocycles. The van der Waals surface area contributed by atoms with Crippen molar-refractivity contribution in [1.82, 2.24) is 4.57 Å². The maximum Gasteiger partial charge on any atom is 0.261 e. The Kier molecular flexibility index (Phi) is 15.0. The Bertz CT molecular complexity index is 701. The van der Waals surface area contributed by atoms with Gasteiger partial charge in [0.15, 0.2) is 0 Å². The minimum Gasteiger partial charge on any atom is -0.234 e. The summed E-state index contributed by atoms with van der Waals surface area (Å²) in [6.45, 7) is 8.02. The van der Waals surface area contributed by atoms with Crippen LogP contribution in [-0.4, -0.2) is 4.57 Å². The first kappa shape index (κ1) is 27.7. The molecule has 2 aromatic rings. The number of benzene rings is 1. The maximum atomic E-state index is 2.50. The molecule has 0 saturated carbocycles. The summed E-state index contributed by atoms with van der Waals surface area (Å²) in [7, 11) is 0. The second-order valence-electron chi connectivity index (χ2n) is 10.4. The first-order valence-corrected chi connectivity index (χ1v) is 14.4. The summed E-state index contributed by atoms with van der Waals surface area (Å²) in [5.41, 5.74) is 1.40. The van der Waals surface area contributed by atoms with E-state index in [-0.39, 0.29) is 0 Å².